The van der Waals surface area contributed by atoms with Crippen LogP contribution in [-0.4, -0.2) is 94.4 Å². The highest BCUT2D eigenvalue weighted by Crippen LogP contribution is 2.24. The van der Waals surface area contributed by atoms with Crippen LogP contribution in [0.4, 0.5) is 0 Å². The minimum Gasteiger partial charge on any atom is -0.466 e. The summed E-state index contributed by atoms with van der Waals surface area (Å²) in [6, 6.07) is 1.56. The Morgan fingerprint density at radius 2 is 1.07 bits per heavy atom. The molecule has 0 amide bonds. The Labute approximate surface area is 279 Å². The molecule has 0 aliphatic rings. The van der Waals surface area contributed by atoms with Crippen molar-refractivity contribution in [2.45, 2.75) is 142 Å². The standard InChI is InChI=1S/C32H62O12Si2/c1-11-29(33)44-28(24-26(4)43-31(35)18-14-16-22-46(10,39-7)40-8)20-19-27(32(36)41-12-2)23-25(3)42-30(34)17-13-15-21-45(9,37-5)38-6/h25-28H,11-24H2,1-10H3. The fraction of sp³-hybridized carbons (Fsp3) is 0.875. The van der Waals surface area contributed by atoms with E-state index >= 15 is 0 Å². The molecule has 0 N–H and O–H groups in total. The van der Waals surface area contributed by atoms with Crippen molar-refractivity contribution >= 4 is 41.0 Å². The lowest BCUT2D eigenvalue weighted by molar-refractivity contribution is -0.157. The van der Waals surface area contributed by atoms with Gasteiger partial charge in [0.25, 0.3) is 0 Å². The third-order valence-corrected chi connectivity index (χ3v) is 14.1. The summed E-state index contributed by atoms with van der Waals surface area (Å²) in [4.78, 5) is 50.0. The second-order valence-electron chi connectivity index (χ2n) is 12.1. The lowest BCUT2D eigenvalue weighted by Gasteiger charge is -2.25. The zero-order chi connectivity index (χ0) is 35.2. The number of hydrogen-bond donors (Lipinski definition) is 0. The van der Waals surface area contributed by atoms with Crippen molar-refractivity contribution in [2.75, 3.05) is 35.0 Å². The molecule has 0 bridgehead atoms. The predicted molar refractivity (Wildman–Crippen MR) is 178 cm³/mol. The Bertz CT molecular complexity index is 879. The molecular formula is C32H62O12Si2. The monoisotopic (exact) mass is 694 g/mol. The number of carbonyl (C=O) groups is 4. The van der Waals surface area contributed by atoms with Gasteiger partial charge in [-0.3, -0.25) is 19.2 Å². The van der Waals surface area contributed by atoms with Crippen LogP contribution in [0.1, 0.15) is 98.3 Å². The van der Waals surface area contributed by atoms with Gasteiger partial charge in [0.1, 0.15) is 12.2 Å². The van der Waals surface area contributed by atoms with Gasteiger partial charge >= 0.3 is 41.0 Å². The summed E-state index contributed by atoms with van der Waals surface area (Å²) in [5.41, 5.74) is 0. The summed E-state index contributed by atoms with van der Waals surface area (Å²) in [5.74, 6) is -1.98. The smallest absolute Gasteiger partial charge is 0.334 e. The van der Waals surface area contributed by atoms with E-state index in [0.29, 0.717) is 32.1 Å². The second-order valence-corrected chi connectivity index (χ2v) is 19.2. The molecule has 0 aliphatic carbocycles. The maximum Gasteiger partial charge on any atom is 0.334 e. The molecule has 12 nitrogen and oxygen atoms in total. The number of ether oxygens (including phenoxy) is 4. The zero-order valence-corrected chi connectivity index (χ0v) is 32.1. The van der Waals surface area contributed by atoms with Crippen LogP contribution in [0.2, 0.25) is 25.2 Å². The van der Waals surface area contributed by atoms with Gasteiger partial charge in [-0.2, -0.15) is 0 Å². The average molecular weight is 695 g/mol. The summed E-state index contributed by atoms with van der Waals surface area (Å²) in [5, 5.41) is 0. The van der Waals surface area contributed by atoms with Gasteiger partial charge in [0.2, 0.25) is 0 Å². The first-order valence-corrected chi connectivity index (χ1v) is 21.7. The van der Waals surface area contributed by atoms with Gasteiger partial charge in [0.15, 0.2) is 0 Å². The minimum atomic E-state index is -2.18. The van der Waals surface area contributed by atoms with E-state index < -0.39 is 47.3 Å². The van der Waals surface area contributed by atoms with E-state index in [1.54, 1.807) is 56.1 Å². The van der Waals surface area contributed by atoms with E-state index in [4.69, 9.17) is 36.7 Å². The van der Waals surface area contributed by atoms with Gasteiger partial charge in [0, 0.05) is 54.1 Å². The summed E-state index contributed by atoms with van der Waals surface area (Å²) in [6.07, 6.45) is 3.32. The SMILES string of the molecule is CCOC(=O)C(CCC(CC(C)OC(=O)CCCC[Si](C)(OC)OC)OC(=O)CC)CC(C)OC(=O)CCCC[Si](C)(OC)OC. The lowest BCUT2D eigenvalue weighted by atomic mass is 9.93. The topological polar surface area (TPSA) is 142 Å². The number of esters is 4. The predicted octanol–water partition coefficient (Wildman–Crippen LogP) is 5.98. The molecule has 0 rings (SSSR count). The van der Waals surface area contributed by atoms with Crippen LogP contribution >= 0.6 is 0 Å². The average Bonchev–Trinajstić information content (AvgIpc) is 3.02. The number of carbonyl (C=O) groups excluding carboxylic acids is 4. The van der Waals surface area contributed by atoms with Crippen molar-refractivity contribution < 1.29 is 55.8 Å². The summed E-state index contributed by atoms with van der Waals surface area (Å²) < 4.78 is 44.1. The molecule has 270 valence electrons. The summed E-state index contributed by atoms with van der Waals surface area (Å²) >= 11 is 0. The Balaban J connectivity index is 5.05. The van der Waals surface area contributed by atoms with E-state index in [1.165, 1.54) is 0 Å². The number of hydrogen-bond acceptors (Lipinski definition) is 12. The lowest BCUT2D eigenvalue weighted by Crippen LogP contribution is -2.35. The van der Waals surface area contributed by atoms with Crippen LogP contribution in [-0.2, 0) is 55.8 Å². The third kappa shape index (κ3) is 19.7. The zero-order valence-electron chi connectivity index (χ0n) is 30.1. The largest absolute Gasteiger partial charge is 0.466 e. The van der Waals surface area contributed by atoms with Crippen molar-refractivity contribution in [1.82, 2.24) is 0 Å². The normalized spacial score (nSPS) is 14.6. The van der Waals surface area contributed by atoms with E-state index in [-0.39, 0.29) is 50.2 Å². The van der Waals surface area contributed by atoms with Crippen LogP contribution in [0.5, 0.6) is 0 Å². The van der Waals surface area contributed by atoms with Crippen molar-refractivity contribution in [3.05, 3.63) is 0 Å². The summed E-state index contributed by atoms with van der Waals surface area (Å²) in [6.45, 7) is 11.1. The van der Waals surface area contributed by atoms with Gasteiger partial charge in [-0.05, 0) is 78.1 Å². The van der Waals surface area contributed by atoms with Crippen molar-refractivity contribution in [1.29, 1.82) is 0 Å². The van der Waals surface area contributed by atoms with Gasteiger partial charge in [-0.1, -0.05) is 19.8 Å². The highest BCUT2D eigenvalue weighted by atomic mass is 28.4. The first kappa shape index (κ1) is 44.2. The van der Waals surface area contributed by atoms with Crippen LogP contribution < -0.4 is 0 Å². The van der Waals surface area contributed by atoms with Gasteiger partial charge < -0.3 is 36.7 Å². The second kappa shape index (κ2) is 24.3. The molecule has 0 saturated carbocycles. The Morgan fingerprint density at radius 3 is 1.48 bits per heavy atom. The fourth-order valence-corrected chi connectivity index (χ4v) is 7.85. The first-order valence-electron chi connectivity index (χ1n) is 16.7. The van der Waals surface area contributed by atoms with Gasteiger partial charge in [-0.25, -0.2) is 0 Å². The van der Waals surface area contributed by atoms with E-state index in [2.05, 4.69) is 0 Å². The van der Waals surface area contributed by atoms with E-state index in [1.807, 2.05) is 13.1 Å². The van der Waals surface area contributed by atoms with Crippen molar-refractivity contribution in [2.24, 2.45) is 5.92 Å². The first-order chi connectivity index (χ1) is 21.7. The maximum absolute atomic E-state index is 12.8. The number of rotatable bonds is 27. The summed E-state index contributed by atoms with van der Waals surface area (Å²) in [7, 11) is 2.22. The highest BCUT2D eigenvalue weighted by molar-refractivity contribution is 6.66. The van der Waals surface area contributed by atoms with Crippen molar-refractivity contribution in [3.63, 3.8) is 0 Å². The number of unbranched alkanes of at least 4 members (excludes halogenated alkanes) is 2. The van der Waals surface area contributed by atoms with Crippen LogP contribution in [0.3, 0.4) is 0 Å². The van der Waals surface area contributed by atoms with Crippen LogP contribution in [0.25, 0.3) is 0 Å². The molecule has 0 aromatic carbocycles. The van der Waals surface area contributed by atoms with E-state index in [9.17, 15) is 19.2 Å². The molecular weight excluding hydrogens is 633 g/mol. The molecule has 0 spiro atoms. The highest BCUT2D eigenvalue weighted by Gasteiger charge is 2.30. The Kier molecular flexibility index (Phi) is 23.3. The molecule has 0 saturated heterocycles. The molecule has 46 heavy (non-hydrogen) atoms. The van der Waals surface area contributed by atoms with Crippen molar-refractivity contribution in [3.8, 4) is 0 Å². The maximum atomic E-state index is 12.8. The van der Waals surface area contributed by atoms with Crippen LogP contribution in [0.15, 0.2) is 0 Å². The third-order valence-electron chi connectivity index (χ3n) is 8.17. The molecule has 4 unspecified atom stereocenters. The molecule has 0 aromatic rings. The Hall–Kier alpha value is -1.85. The molecule has 4 atom stereocenters. The minimum absolute atomic E-state index is 0.197. The Morgan fingerprint density at radius 1 is 0.609 bits per heavy atom. The van der Waals surface area contributed by atoms with Gasteiger partial charge in [-0.15, -0.1) is 0 Å². The molecule has 0 heterocycles. The molecule has 0 aliphatic heterocycles. The molecule has 0 radical (unpaired) electrons. The molecule has 14 heteroatoms. The molecule has 0 aromatic heterocycles. The van der Waals surface area contributed by atoms with E-state index in [0.717, 1.165) is 24.9 Å². The van der Waals surface area contributed by atoms with Gasteiger partial charge in [0.05, 0.1) is 18.6 Å². The molecule has 0 fully saturated rings. The van der Waals surface area contributed by atoms with Crippen LogP contribution in [0, 0.1) is 5.92 Å². The quantitative estimate of drug-likeness (QED) is 0.0432. The fourth-order valence-electron chi connectivity index (χ4n) is 4.91.